The maximum Gasteiger partial charge on any atom is 0.251 e. The number of primary amides is 1. The van der Waals surface area contributed by atoms with Crippen LogP contribution in [0.25, 0.3) is 10.9 Å². The zero-order valence-corrected chi connectivity index (χ0v) is 17.1. The molecule has 0 fully saturated rings. The molecule has 0 saturated carbocycles. The first-order valence-electron chi connectivity index (χ1n) is 9.02. The van der Waals surface area contributed by atoms with Crippen molar-refractivity contribution in [3.8, 4) is 11.5 Å². The van der Waals surface area contributed by atoms with Crippen molar-refractivity contribution in [2.45, 2.75) is 11.4 Å². The second-order valence-corrected chi connectivity index (χ2v) is 7.30. The average Bonchev–Trinajstić information content (AvgIpc) is 3.09. The molecule has 7 nitrogen and oxygen atoms in total. The third kappa shape index (κ3) is 4.83. The summed E-state index contributed by atoms with van der Waals surface area (Å²) in [5.41, 5.74) is 6.81. The van der Waals surface area contributed by atoms with Gasteiger partial charge in [-0.1, -0.05) is 18.2 Å². The summed E-state index contributed by atoms with van der Waals surface area (Å²) in [7, 11) is 3.08. The van der Waals surface area contributed by atoms with E-state index < -0.39 is 0 Å². The Bertz CT molecular complexity index is 1030. The monoisotopic (exact) mass is 413 g/mol. The normalized spacial score (nSPS) is 10.7. The molecule has 3 aromatic rings. The van der Waals surface area contributed by atoms with E-state index in [9.17, 15) is 9.59 Å². The van der Waals surface area contributed by atoms with Gasteiger partial charge in [0.1, 0.15) is 0 Å². The predicted molar refractivity (Wildman–Crippen MR) is 114 cm³/mol. The Labute approximate surface area is 173 Å². The number of rotatable bonds is 9. The molecule has 0 radical (unpaired) electrons. The maximum atomic E-state index is 12.5. The number of benzene rings is 2. The number of ether oxygens (including phenoxy) is 2. The van der Waals surface area contributed by atoms with Gasteiger partial charge in [-0.2, -0.15) is 0 Å². The SMILES string of the molecule is COc1ccc(C(=O)NCCn2cc(SCC(N)=O)c3ccccc32)cc1OC. The molecule has 0 atom stereocenters. The lowest BCUT2D eigenvalue weighted by Crippen LogP contribution is -2.27. The Morgan fingerprint density at radius 3 is 2.59 bits per heavy atom. The second kappa shape index (κ2) is 9.38. The van der Waals surface area contributed by atoms with Gasteiger partial charge in [-0.25, -0.2) is 0 Å². The molecular formula is C21H23N3O4S. The first-order valence-corrected chi connectivity index (χ1v) is 10.0. The smallest absolute Gasteiger partial charge is 0.251 e. The molecule has 1 aromatic heterocycles. The third-order valence-electron chi connectivity index (χ3n) is 4.41. The second-order valence-electron chi connectivity index (χ2n) is 6.28. The van der Waals surface area contributed by atoms with E-state index >= 15 is 0 Å². The van der Waals surface area contributed by atoms with E-state index in [1.807, 2.05) is 30.5 Å². The fraction of sp³-hybridized carbons (Fsp3) is 0.238. The average molecular weight is 413 g/mol. The molecule has 0 aliphatic rings. The van der Waals surface area contributed by atoms with Gasteiger partial charge in [-0.15, -0.1) is 11.8 Å². The Morgan fingerprint density at radius 1 is 1.10 bits per heavy atom. The summed E-state index contributed by atoms with van der Waals surface area (Å²) in [4.78, 5) is 24.6. The topological polar surface area (TPSA) is 95.6 Å². The number of fused-ring (bicyclic) bond motifs is 1. The van der Waals surface area contributed by atoms with Crippen LogP contribution in [-0.2, 0) is 11.3 Å². The Kier molecular flexibility index (Phi) is 6.66. The molecule has 3 rings (SSSR count). The highest BCUT2D eigenvalue weighted by Gasteiger charge is 2.12. The Morgan fingerprint density at radius 2 is 1.86 bits per heavy atom. The van der Waals surface area contributed by atoms with Gasteiger partial charge in [0.2, 0.25) is 5.91 Å². The van der Waals surface area contributed by atoms with E-state index in [1.165, 1.54) is 18.9 Å². The van der Waals surface area contributed by atoms with Gasteiger partial charge in [0.25, 0.3) is 5.91 Å². The number of hydrogen-bond acceptors (Lipinski definition) is 5. The summed E-state index contributed by atoms with van der Waals surface area (Å²) in [6.45, 7) is 1.04. The fourth-order valence-corrected chi connectivity index (χ4v) is 3.86. The molecule has 0 spiro atoms. The number of carbonyl (C=O) groups excluding carboxylic acids is 2. The number of nitrogens with two attached hydrogens (primary N) is 1. The molecule has 2 amide bonds. The van der Waals surface area contributed by atoms with Crippen molar-refractivity contribution in [2.24, 2.45) is 5.73 Å². The Balaban J connectivity index is 1.68. The number of methoxy groups -OCH3 is 2. The van der Waals surface area contributed by atoms with Gasteiger partial charge < -0.3 is 25.1 Å². The van der Waals surface area contributed by atoms with Crippen LogP contribution in [0.15, 0.2) is 53.6 Å². The van der Waals surface area contributed by atoms with Gasteiger partial charge >= 0.3 is 0 Å². The van der Waals surface area contributed by atoms with Crippen molar-refractivity contribution < 1.29 is 19.1 Å². The summed E-state index contributed by atoms with van der Waals surface area (Å²) in [6, 6.07) is 13.0. The third-order valence-corrected chi connectivity index (χ3v) is 5.47. The number of thioether (sulfide) groups is 1. The number of amides is 2. The lowest BCUT2D eigenvalue weighted by molar-refractivity contribution is -0.115. The van der Waals surface area contributed by atoms with Crippen LogP contribution < -0.4 is 20.5 Å². The van der Waals surface area contributed by atoms with Crippen molar-refractivity contribution in [1.29, 1.82) is 0 Å². The Hall–Kier alpha value is -3.13. The van der Waals surface area contributed by atoms with Crippen LogP contribution in [0.2, 0.25) is 0 Å². The van der Waals surface area contributed by atoms with Gasteiger partial charge in [0.15, 0.2) is 11.5 Å². The highest BCUT2D eigenvalue weighted by molar-refractivity contribution is 8.00. The molecule has 152 valence electrons. The molecule has 3 N–H and O–H groups in total. The van der Waals surface area contributed by atoms with Crippen LogP contribution in [0, 0.1) is 0 Å². The minimum atomic E-state index is -0.353. The van der Waals surface area contributed by atoms with E-state index in [1.54, 1.807) is 25.3 Å². The molecular weight excluding hydrogens is 390 g/mol. The molecule has 0 bridgehead atoms. The summed E-state index contributed by atoms with van der Waals surface area (Å²) in [6.07, 6.45) is 1.99. The van der Waals surface area contributed by atoms with Crippen molar-refractivity contribution >= 4 is 34.5 Å². The largest absolute Gasteiger partial charge is 0.493 e. The first kappa shape index (κ1) is 20.6. The van der Waals surface area contributed by atoms with E-state index in [4.69, 9.17) is 15.2 Å². The van der Waals surface area contributed by atoms with Gasteiger partial charge in [-0.05, 0) is 24.3 Å². The fourth-order valence-electron chi connectivity index (χ4n) is 3.03. The van der Waals surface area contributed by atoms with Gasteiger partial charge in [0.05, 0.1) is 20.0 Å². The van der Waals surface area contributed by atoms with Gasteiger partial charge in [0, 0.05) is 40.6 Å². The molecule has 0 saturated heterocycles. The van der Waals surface area contributed by atoms with E-state index in [2.05, 4.69) is 9.88 Å². The highest BCUT2D eigenvalue weighted by Crippen LogP contribution is 2.30. The van der Waals surface area contributed by atoms with E-state index in [-0.39, 0.29) is 17.6 Å². The molecule has 8 heteroatoms. The number of hydrogen-bond donors (Lipinski definition) is 2. The van der Waals surface area contributed by atoms with Crippen LogP contribution in [0.5, 0.6) is 11.5 Å². The summed E-state index contributed by atoms with van der Waals surface area (Å²) >= 11 is 1.41. The van der Waals surface area contributed by atoms with Crippen LogP contribution in [0.3, 0.4) is 0 Å². The van der Waals surface area contributed by atoms with Crippen molar-refractivity contribution in [1.82, 2.24) is 9.88 Å². The summed E-state index contributed by atoms with van der Waals surface area (Å²) in [5.74, 6) is 0.764. The van der Waals surface area contributed by atoms with Gasteiger partial charge in [-0.3, -0.25) is 9.59 Å². The zero-order valence-electron chi connectivity index (χ0n) is 16.3. The number of nitrogens with one attached hydrogen (secondary N) is 1. The van der Waals surface area contributed by atoms with Crippen LogP contribution >= 0.6 is 11.8 Å². The molecule has 29 heavy (non-hydrogen) atoms. The molecule has 0 unspecified atom stereocenters. The first-order chi connectivity index (χ1) is 14.0. The molecule has 0 aliphatic heterocycles. The van der Waals surface area contributed by atoms with Crippen LogP contribution in [0.4, 0.5) is 0 Å². The number of para-hydroxylation sites is 1. The lowest BCUT2D eigenvalue weighted by atomic mass is 10.2. The number of aromatic nitrogens is 1. The minimum absolute atomic E-state index is 0.189. The van der Waals surface area contributed by atoms with E-state index in [0.717, 1.165) is 15.8 Å². The maximum absolute atomic E-state index is 12.5. The van der Waals surface area contributed by atoms with Crippen molar-refractivity contribution in [2.75, 3.05) is 26.5 Å². The minimum Gasteiger partial charge on any atom is -0.493 e. The molecule has 1 heterocycles. The molecule has 0 aliphatic carbocycles. The highest BCUT2D eigenvalue weighted by atomic mass is 32.2. The number of carbonyl (C=O) groups is 2. The number of nitrogens with zero attached hydrogens (tertiary/aromatic N) is 1. The van der Waals surface area contributed by atoms with E-state index in [0.29, 0.717) is 30.2 Å². The van der Waals surface area contributed by atoms with Crippen molar-refractivity contribution in [3.05, 3.63) is 54.2 Å². The molecule has 2 aromatic carbocycles. The van der Waals surface area contributed by atoms with Crippen molar-refractivity contribution in [3.63, 3.8) is 0 Å². The lowest BCUT2D eigenvalue weighted by Gasteiger charge is -2.10. The summed E-state index contributed by atoms with van der Waals surface area (Å²) < 4.78 is 12.5. The zero-order chi connectivity index (χ0) is 20.8. The van der Waals surface area contributed by atoms with Crippen LogP contribution in [-0.4, -0.2) is 42.9 Å². The predicted octanol–water partition coefficient (Wildman–Crippen LogP) is 2.67. The summed E-state index contributed by atoms with van der Waals surface area (Å²) in [5, 5.41) is 3.98. The standard InChI is InChI=1S/C21H23N3O4S/c1-27-17-8-7-14(11-18(17)28-2)21(26)23-9-10-24-12-19(29-13-20(22)25)15-5-3-4-6-16(15)24/h3-8,11-12H,9-10,13H2,1-2H3,(H2,22,25)(H,23,26). The van der Waals surface area contributed by atoms with Crippen LogP contribution in [0.1, 0.15) is 10.4 Å². The quantitative estimate of drug-likeness (QED) is 0.526.